The first kappa shape index (κ1) is 29.2. The van der Waals surface area contributed by atoms with E-state index in [-0.39, 0.29) is 57.8 Å². The van der Waals surface area contributed by atoms with Crippen LogP contribution in [0.4, 0.5) is 23.0 Å². The van der Waals surface area contributed by atoms with Crippen molar-refractivity contribution < 1.29 is 39.8 Å². The number of hydrazine groups is 2. The second-order valence-corrected chi connectivity index (χ2v) is 8.54. The third-order valence-electron chi connectivity index (χ3n) is 5.86. The van der Waals surface area contributed by atoms with Gasteiger partial charge in [0.05, 0.1) is 22.5 Å². The molecule has 0 radical (unpaired) electrons. The molecular formula is C26H24N8O8. The summed E-state index contributed by atoms with van der Waals surface area (Å²) < 4.78 is 0. The Kier molecular flexibility index (Phi) is 8.74. The highest BCUT2D eigenvalue weighted by molar-refractivity contribution is 6.09. The first-order valence-electron chi connectivity index (χ1n) is 11.9. The van der Waals surface area contributed by atoms with Gasteiger partial charge in [-0.2, -0.15) is 0 Å². The number of carbonyl (C=O) groups excluding carboxylic acids is 2. The van der Waals surface area contributed by atoms with E-state index in [4.69, 9.17) is 16.9 Å². The van der Waals surface area contributed by atoms with Crippen molar-refractivity contribution in [2.45, 2.75) is 6.61 Å². The fraction of sp³-hybridized carbons (Fsp3) is 0.0385. The summed E-state index contributed by atoms with van der Waals surface area (Å²) in [7, 11) is 0. The molecule has 0 bridgehead atoms. The van der Waals surface area contributed by atoms with Crippen molar-refractivity contribution in [1.29, 1.82) is 0 Å². The Balaban J connectivity index is 1.56. The molecule has 0 aliphatic carbocycles. The second-order valence-electron chi connectivity index (χ2n) is 8.54. The number of nitrogens with two attached hydrogens (primary N) is 2. The Hall–Kier alpha value is -5.81. The van der Waals surface area contributed by atoms with Crippen molar-refractivity contribution in [2.75, 3.05) is 21.5 Å². The summed E-state index contributed by atoms with van der Waals surface area (Å²) in [6.45, 7) is -0.295. The van der Waals surface area contributed by atoms with Gasteiger partial charge in [-0.25, -0.2) is 31.3 Å². The molecular weight excluding hydrogens is 552 g/mol. The zero-order valence-corrected chi connectivity index (χ0v) is 21.5. The maximum atomic E-state index is 12.9. The fourth-order valence-corrected chi connectivity index (χ4v) is 3.82. The highest BCUT2D eigenvalue weighted by atomic mass is 17.1. The van der Waals surface area contributed by atoms with Gasteiger partial charge in [-0.1, -0.05) is 0 Å². The number of amides is 2. The molecule has 0 unspecified atom stereocenters. The molecule has 0 saturated heterocycles. The summed E-state index contributed by atoms with van der Waals surface area (Å²) in [6.07, 6.45) is 0. The zero-order chi connectivity index (χ0) is 30.4. The van der Waals surface area contributed by atoms with Crippen LogP contribution in [-0.4, -0.2) is 48.3 Å². The Labute approximate surface area is 236 Å². The predicted octanol–water partition coefficient (Wildman–Crippen LogP) is 2.32. The molecule has 216 valence electrons. The van der Waals surface area contributed by atoms with Crippen LogP contribution in [-0.2, 0) is 11.5 Å². The van der Waals surface area contributed by atoms with Crippen LogP contribution in [0.1, 0.15) is 36.6 Å². The van der Waals surface area contributed by atoms with Gasteiger partial charge in [0, 0.05) is 16.9 Å². The number of benzene rings is 2. The molecule has 0 saturated carbocycles. The van der Waals surface area contributed by atoms with E-state index in [1.807, 2.05) is 0 Å². The Morgan fingerprint density at radius 2 is 1.21 bits per heavy atom. The van der Waals surface area contributed by atoms with Crippen LogP contribution in [0.25, 0.3) is 11.4 Å². The number of nitrogen functional groups attached to an aromatic ring is 2. The third-order valence-corrected chi connectivity index (χ3v) is 5.86. The molecule has 2 aromatic heterocycles. The number of aromatic nitrogens is 2. The van der Waals surface area contributed by atoms with Gasteiger partial charge in [-0.15, -0.1) is 0 Å². The number of pyridine rings is 2. The minimum Gasteiger partial charge on any atom is -0.508 e. The molecule has 4 rings (SSSR count). The number of carboxylic acid groups (broad SMARTS) is 1. The van der Waals surface area contributed by atoms with Gasteiger partial charge >= 0.3 is 5.97 Å². The Bertz CT molecular complexity index is 1680. The number of nitrogens with zero attached hydrogens (tertiary/aromatic N) is 2. The lowest BCUT2D eigenvalue weighted by Gasteiger charge is -2.13. The van der Waals surface area contributed by atoms with Crippen LogP contribution >= 0.6 is 0 Å². The van der Waals surface area contributed by atoms with E-state index in [2.05, 4.69) is 36.3 Å². The first-order chi connectivity index (χ1) is 20.1. The fourth-order valence-electron chi connectivity index (χ4n) is 3.82. The molecule has 0 aliphatic heterocycles. The van der Waals surface area contributed by atoms with Gasteiger partial charge in [-0.05, 0) is 60.7 Å². The average molecular weight is 577 g/mol. The van der Waals surface area contributed by atoms with Gasteiger partial charge in [0.2, 0.25) is 0 Å². The smallest absolute Gasteiger partial charge is 0.339 e. The Morgan fingerprint density at radius 1 is 0.714 bits per heavy atom. The largest absolute Gasteiger partial charge is 0.508 e. The van der Waals surface area contributed by atoms with E-state index in [1.165, 1.54) is 48.5 Å². The minimum atomic E-state index is -1.37. The van der Waals surface area contributed by atoms with Crippen molar-refractivity contribution in [2.24, 2.45) is 11.7 Å². The Morgan fingerprint density at radius 3 is 1.69 bits per heavy atom. The van der Waals surface area contributed by atoms with Gasteiger partial charge in [0.15, 0.2) is 11.6 Å². The van der Waals surface area contributed by atoms with Gasteiger partial charge < -0.3 is 36.8 Å². The van der Waals surface area contributed by atoms with Gasteiger partial charge in [0.25, 0.3) is 11.8 Å². The van der Waals surface area contributed by atoms with Gasteiger partial charge in [0.1, 0.15) is 23.7 Å². The molecule has 42 heavy (non-hydrogen) atoms. The van der Waals surface area contributed by atoms with E-state index in [9.17, 15) is 29.7 Å². The molecule has 0 fully saturated rings. The number of hydrogen-bond donors (Lipinski definition) is 10. The quantitative estimate of drug-likeness (QED) is 0.0562. The number of nitrogens with one attached hydrogen (secondary N) is 4. The number of rotatable bonds is 10. The first-order valence-corrected chi connectivity index (χ1v) is 11.9. The molecule has 16 heteroatoms. The van der Waals surface area contributed by atoms with Crippen LogP contribution in [0.2, 0.25) is 0 Å². The molecule has 0 aliphatic rings. The van der Waals surface area contributed by atoms with Gasteiger partial charge in [-0.3, -0.25) is 14.8 Å². The topological polar surface area (TPSA) is 267 Å². The van der Waals surface area contributed by atoms with Crippen LogP contribution in [0.5, 0.6) is 11.5 Å². The number of anilines is 4. The lowest BCUT2D eigenvalue weighted by Crippen LogP contribution is -2.20. The molecule has 16 nitrogen and oxygen atoms in total. The molecule has 2 heterocycles. The highest BCUT2D eigenvalue weighted by Gasteiger charge is 2.19. The van der Waals surface area contributed by atoms with E-state index in [0.717, 1.165) is 12.1 Å². The summed E-state index contributed by atoms with van der Waals surface area (Å²) >= 11 is 0. The van der Waals surface area contributed by atoms with Crippen LogP contribution in [0.15, 0.2) is 60.7 Å². The molecule has 12 N–H and O–H groups in total. The minimum absolute atomic E-state index is 0.00450. The maximum absolute atomic E-state index is 12.9. The van der Waals surface area contributed by atoms with E-state index >= 15 is 0 Å². The van der Waals surface area contributed by atoms with E-state index < -0.39 is 29.1 Å². The SMILES string of the molecule is NNc1nc(-c2ccc(C(=O)Nc3ccc(O)c(C(=O)O)c3)c(NN)n2)ccc1C(=O)Nc1ccc(O)c(COO)c1. The van der Waals surface area contributed by atoms with Crippen LogP contribution < -0.4 is 33.2 Å². The lowest BCUT2D eigenvalue weighted by atomic mass is 10.1. The summed E-state index contributed by atoms with van der Waals surface area (Å²) in [5, 5.41) is 42.5. The second kappa shape index (κ2) is 12.6. The summed E-state index contributed by atoms with van der Waals surface area (Å²) in [6, 6.07) is 13.5. The maximum Gasteiger partial charge on any atom is 0.339 e. The van der Waals surface area contributed by atoms with E-state index in [0.29, 0.717) is 5.69 Å². The number of phenolic OH excluding ortho intramolecular Hbond substituents is 1. The van der Waals surface area contributed by atoms with Crippen molar-refractivity contribution in [3.8, 4) is 22.9 Å². The zero-order valence-electron chi connectivity index (χ0n) is 21.5. The van der Waals surface area contributed by atoms with Crippen molar-refractivity contribution in [1.82, 2.24) is 9.97 Å². The number of aromatic carboxylic acids is 1. The molecule has 0 atom stereocenters. The number of aromatic hydroxyl groups is 2. The van der Waals surface area contributed by atoms with Crippen LogP contribution in [0.3, 0.4) is 0 Å². The average Bonchev–Trinajstić information content (AvgIpc) is 2.99. The van der Waals surface area contributed by atoms with E-state index in [1.54, 1.807) is 0 Å². The number of phenols is 2. The molecule has 4 aromatic rings. The molecule has 2 aromatic carbocycles. The normalized spacial score (nSPS) is 10.5. The van der Waals surface area contributed by atoms with Crippen molar-refractivity contribution in [3.05, 3.63) is 82.9 Å². The molecule has 0 spiro atoms. The standard InChI is InChI=1S/C26H24N8O8/c27-33-22-15(24(37)29-13-1-7-20(35)12(9-13)11-42-41)3-5-18(31-22)19-6-4-16(23(32-19)34-28)25(38)30-14-2-8-21(36)17(10-14)26(39)40/h1-10,35-36,41H,11,27-28H2,(H,29,37)(H,30,38)(H,31,33)(H,32,34)(H,39,40). The number of hydrogen-bond acceptors (Lipinski definition) is 13. The third kappa shape index (κ3) is 6.32. The van der Waals surface area contributed by atoms with Crippen molar-refractivity contribution in [3.63, 3.8) is 0 Å². The summed E-state index contributed by atoms with van der Waals surface area (Å²) in [5.41, 5.74) is 5.55. The van der Waals surface area contributed by atoms with Crippen LogP contribution in [0, 0.1) is 0 Å². The summed E-state index contributed by atoms with van der Waals surface area (Å²) in [5.74, 6) is 7.95. The number of carboxylic acids is 1. The molecule has 2 amide bonds. The summed E-state index contributed by atoms with van der Waals surface area (Å²) in [4.78, 5) is 49.8. The number of carbonyl (C=O) groups is 3. The highest BCUT2D eigenvalue weighted by Crippen LogP contribution is 2.27. The van der Waals surface area contributed by atoms with Crippen molar-refractivity contribution >= 4 is 40.8 Å². The predicted molar refractivity (Wildman–Crippen MR) is 150 cm³/mol. The monoisotopic (exact) mass is 576 g/mol. The lowest BCUT2D eigenvalue weighted by molar-refractivity contribution is -0.253.